The summed E-state index contributed by atoms with van der Waals surface area (Å²) in [4.78, 5) is 8.24. The molecule has 1 aliphatic heterocycles. The fourth-order valence-electron chi connectivity index (χ4n) is 1.41. The molecule has 3 rings (SSSR count). The molecule has 11 heavy (non-hydrogen) atoms. The maximum Gasteiger partial charge on any atom is 0.117 e. The first kappa shape index (κ1) is 5.07. The largest absolute Gasteiger partial charge is 0.320 e. The molecule has 1 aliphatic rings. The van der Waals surface area contributed by atoms with E-state index in [0.29, 0.717) is 0 Å². The minimum Gasteiger partial charge on any atom is -0.320 e. The summed E-state index contributed by atoms with van der Waals surface area (Å²) in [5.74, 6) is 0. The highest BCUT2D eigenvalue weighted by atomic mass is 15.0. The van der Waals surface area contributed by atoms with Crippen LogP contribution in [0.3, 0.4) is 0 Å². The van der Waals surface area contributed by atoms with E-state index in [1.165, 1.54) is 0 Å². The zero-order valence-corrected chi connectivity index (χ0v) is 5.73. The molecule has 0 saturated heterocycles. The van der Waals surface area contributed by atoms with E-state index in [9.17, 15) is 0 Å². The molecule has 0 fully saturated rings. The summed E-state index contributed by atoms with van der Waals surface area (Å²) in [5, 5.41) is 0.995. The van der Waals surface area contributed by atoms with Crippen molar-refractivity contribution in [2.24, 2.45) is 9.98 Å². The second-order valence-electron chi connectivity index (χ2n) is 2.54. The summed E-state index contributed by atoms with van der Waals surface area (Å²) in [7, 11) is 0. The van der Waals surface area contributed by atoms with Crippen molar-refractivity contribution in [3.63, 3.8) is 0 Å². The molecule has 0 bridgehead atoms. The van der Waals surface area contributed by atoms with E-state index in [0.717, 1.165) is 16.6 Å². The van der Waals surface area contributed by atoms with Gasteiger partial charge in [0.25, 0.3) is 0 Å². The van der Waals surface area contributed by atoms with Crippen molar-refractivity contribution in [1.82, 2.24) is 4.40 Å². The van der Waals surface area contributed by atoms with Crippen molar-refractivity contribution < 1.29 is 0 Å². The topological polar surface area (TPSA) is 29.1 Å². The molecule has 3 nitrogen and oxygen atoms in total. The van der Waals surface area contributed by atoms with Crippen molar-refractivity contribution in [3.05, 3.63) is 29.9 Å². The van der Waals surface area contributed by atoms with E-state index in [1.54, 1.807) is 6.34 Å². The first-order valence-electron chi connectivity index (χ1n) is 3.45. The molecule has 2 aromatic rings. The first-order valence-corrected chi connectivity index (χ1v) is 3.45. The van der Waals surface area contributed by atoms with Crippen LogP contribution < -0.4 is 5.36 Å². The quantitative estimate of drug-likeness (QED) is 0.525. The van der Waals surface area contributed by atoms with Crippen molar-refractivity contribution in [3.8, 4) is 0 Å². The van der Waals surface area contributed by atoms with E-state index in [-0.39, 0.29) is 0 Å². The molecule has 3 heterocycles. The number of rotatable bonds is 0. The number of nitrogens with zero attached hydrogens (tertiary/aromatic N) is 3. The van der Waals surface area contributed by atoms with Crippen LogP contribution in [0.2, 0.25) is 0 Å². The van der Waals surface area contributed by atoms with Crippen molar-refractivity contribution in [2.75, 3.05) is 0 Å². The molecule has 0 saturated carbocycles. The highest BCUT2D eigenvalue weighted by Crippen LogP contribution is 2.13. The molecular formula is C8H5N3. The molecule has 0 aliphatic carbocycles. The van der Waals surface area contributed by atoms with Gasteiger partial charge in [0, 0.05) is 12.4 Å². The van der Waals surface area contributed by atoms with Crippen LogP contribution in [0, 0.1) is 0 Å². The van der Waals surface area contributed by atoms with Crippen LogP contribution in [0.1, 0.15) is 0 Å². The summed E-state index contributed by atoms with van der Waals surface area (Å²) in [6.07, 6.45) is 5.58. The van der Waals surface area contributed by atoms with Crippen molar-refractivity contribution in [2.45, 2.75) is 0 Å². The second-order valence-corrected chi connectivity index (χ2v) is 2.54. The molecule has 3 heteroatoms. The third-order valence-corrected chi connectivity index (χ3v) is 1.91. The van der Waals surface area contributed by atoms with E-state index in [4.69, 9.17) is 0 Å². The lowest BCUT2D eigenvalue weighted by Crippen LogP contribution is -1.93. The van der Waals surface area contributed by atoms with E-state index in [1.807, 2.05) is 28.9 Å². The van der Waals surface area contributed by atoms with Gasteiger partial charge in [-0.3, -0.25) is 0 Å². The molecule has 52 valence electrons. The predicted octanol–water partition coefficient (Wildman–Crippen LogP) is 0.951. The lowest BCUT2D eigenvalue weighted by Gasteiger charge is -1.78. The minimum atomic E-state index is 0.973. The van der Waals surface area contributed by atoms with Gasteiger partial charge in [-0.25, -0.2) is 9.98 Å². The molecule has 0 unspecified atom stereocenters. The SMILES string of the molecule is C1=Nc2cn3cccc3c2=N1. The number of fused-ring (bicyclic) bond motifs is 3. The van der Waals surface area contributed by atoms with Crippen LogP contribution in [-0.4, -0.2) is 10.7 Å². The van der Waals surface area contributed by atoms with Crippen LogP contribution in [0.15, 0.2) is 34.5 Å². The Morgan fingerprint density at radius 3 is 3.36 bits per heavy atom. The zero-order chi connectivity index (χ0) is 7.26. The van der Waals surface area contributed by atoms with Crippen LogP contribution in [0.5, 0.6) is 0 Å². The predicted molar refractivity (Wildman–Crippen MR) is 42.3 cm³/mol. The average Bonchev–Trinajstić information content (AvgIpc) is 2.52. The van der Waals surface area contributed by atoms with Crippen LogP contribution in [-0.2, 0) is 0 Å². The van der Waals surface area contributed by atoms with Gasteiger partial charge in [0.2, 0.25) is 0 Å². The maximum atomic E-state index is 4.15. The molecule has 0 radical (unpaired) electrons. The molecule has 0 aromatic carbocycles. The van der Waals surface area contributed by atoms with Gasteiger partial charge in [-0.2, -0.15) is 0 Å². The van der Waals surface area contributed by atoms with Gasteiger partial charge in [-0.15, -0.1) is 0 Å². The summed E-state index contributed by atoms with van der Waals surface area (Å²) in [6, 6.07) is 4.04. The van der Waals surface area contributed by atoms with Gasteiger partial charge in [0.1, 0.15) is 17.4 Å². The highest BCUT2D eigenvalue weighted by Gasteiger charge is 2.06. The standard InChI is InChI=1S/C8H5N3/c1-2-7-8-6(9-5-10-8)4-11(7)3-1/h1-5H. The van der Waals surface area contributed by atoms with Crippen LogP contribution in [0.25, 0.3) is 5.52 Å². The summed E-state index contributed by atoms with van der Waals surface area (Å²) < 4.78 is 2.03. The lowest BCUT2D eigenvalue weighted by atomic mass is 10.4. The Kier molecular flexibility index (Phi) is 0.692. The molecule has 0 amide bonds. The summed E-state index contributed by atoms with van der Waals surface area (Å²) in [5.41, 5.74) is 2.11. The molecule has 0 atom stereocenters. The van der Waals surface area contributed by atoms with E-state index in [2.05, 4.69) is 9.98 Å². The minimum absolute atomic E-state index is 0.973. The van der Waals surface area contributed by atoms with Gasteiger partial charge in [0.15, 0.2) is 0 Å². The van der Waals surface area contributed by atoms with Crippen molar-refractivity contribution >= 4 is 17.5 Å². The monoisotopic (exact) mass is 143 g/mol. The van der Waals surface area contributed by atoms with Gasteiger partial charge in [0.05, 0.1) is 5.52 Å². The Bertz CT molecular complexity index is 493. The Morgan fingerprint density at radius 1 is 1.36 bits per heavy atom. The normalized spacial score (nSPS) is 13.8. The maximum absolute atomic E-state index is 4.15. The first-order chi connectivity index (χ1) is 5.45. The Hall–Kier alpha value is -1.64. The smallest absolute Gasteiger partial charge is 0.117 e. The van der Waals surface area contributed by atoms with Gasteiger partial charge in [-0.1, -0.05) is 0 Å². The number of hydrogen-bond acceptors (Lipinski definition) is 2. The summed E-state index contributed by atoms with van der Waals surface area (Å²) in [6.45, 7) is 0. The second kappa shape index (κ2) is 1.50. The zero-order valence-electron chi connectivity index (χ0n) is 5.73. The molecular weight excluding hydrogens is 138 g/mol. The number of aliphatic imine (C=N–C) groups is 1. The molecule has 0 N–H and O–H groups in total. The van der Waals surface area contributed by atoms with Gasteiger partial charge in [-0.05, 0) is 12.1 Å². The third-order valence-electron chi connectivity index (χ3n) is 1.91. The van der Waals surface area contributed by atoms with Gasteiger partial charge >= 0.3 is 0 Å². The van der Waals surface area contributed by atoms with E-state index >= 15 is 0 Å². The third kappa shape index (κ3) is 0.487. The number of aromatic nitrogens is 1. The average molecular weight is 143 g/mol. The highest BCUT2D eigenvalue weighted by molar-refractivity contribution is 5.72. The molecule has 0 spiro atoms. The number of hydrogen-bond donors (Lipinski definition) is 0. The fraction of sp³-hybridized carbons (Fsp3) is 0. The van der Waals surface area contributed by atoms with Crippen LogP contribution >= 0.6 is 0 Å². The summed E-state index contributed by atoms with van der Waals surface area (Å²) >= 11 is 0. The fourth-order valence-corrected chi connectivity index (χ4v) is 1.41. The Morgan fingerprint density at radius 2 is 2.36 bits per heavy atom. The Labute approximate surface area is 62.7 Å². The van der Waals surface area contributed by atoms with Crippen molar-refractivity contribution in [1.29, 1.82) is 0 Å². The Balaban J connectivity index is 2.68. The molecule has 2 aromatic heterocycles. The lowest BCUT2D eigenvalue weighted by molar-refractivity contribution is 1.23. The van der Waals surface area contributed by atoms with E-state index < -0.39 is 0 Å². The van der Waals surface area contributed by atoms with Crippen LogP contribution in [0.4, 0.5) is 5.69 Å². The van der Waals surface area contributed by atoms with Gasteiger partial charge < -0.3 is 4.40 Å².